The van der Waals surface area contributed by atoms with Crippen LogP contribution >= 0.6 is 0 Å². The maximum Gasteiger partial charge on any atom is 0.0635 e. The summed E-state index contributed by atoms with van der Waals surface area (Å²) in [5.41, 5.74) is 5.52. The Morgan fingerprint density at radius 1 is 1.67 bits per heavy atom. The van der Waals surface area contributed by atoms with Crippen LogP contribution in [0.3, 0.4) is 0 Å². The van der Waals surface area contributed by atoms with Gasteiger partial charge in [0.15, 0.2) is 0 Å². The van der Waals surface area contributed by atoms with Gasteiger partial charge in [0, 0.05) is 32.1 Å². The smallest absolute Gasteiger partial charge is 0.0635 e. The molecule has 0 amide bonds. The minimum absolute atomic E-state index is 0.365. The van der Waals surface area contributed by atoms with Crippen molar-refractivity contribution < 1.29 is 0 Å². The molecule has 1 rings (SSSR count). The SMILES string of the molecule is N#CCCN1CC(N)C1. The van der Waals surface area contributed by atoms with Crippen LogP contribution in [-0.2, 0) is 0 Å². The normalized spacial score (nSPS) is 20.9. The number of hydrogen-bond donors (Lipinski definition) is 1. The molecule has 0 aromatic heterocycles. The van der Waals surface area contributed by atoms with Gasteiger partial charge in [-0.05, 0) is 0 Å². The predicted octanol–water partition coefficient (Wildman–Crippen LogP) is -0.457. The fourth-order valence-electron chi connectivity index (χ4n) is 1.00. The van der Waals surface area contributed by atoms with E-state index in [1.165, 1.54) is 0 Å². The van der Waals surface area contributed by atoms with Crippen molar-refractivity contribution in [2.75, 3.05) is 19.6 Å². The highest BCUT2D eigenvalue weighted by Gasteiger charge is 2.21. The first kappa shape index (κ1) is 6.53. The van der Waals surface area contributed by atoms with Gasteiger partial charge < -0.3 is 5.73 Å². The van der Waals surface area contributed by atoms with Crippen LogP contribution in [0.5, 0.6) is 0 Å². The van der Waals surface area contributed by atoms with Crippen molar-refractivity contribution >= 4 is 0 Å². The van der Waals surface area contributed by atoms with Crippen molar-refractivity contribution in [1.29, 1.82) is 5.26 Å². The Bertz CT molecular complexity index is 121. The predicted molar refractivity (Wildman–Crippen MR) is 34.6 cm³/mol. The summed E-state index contributed by atoms with van der Waals surface area (Å²) >= 11 is 0. The molecule has 1 fully saturated rings. The zero-order valence-electron chi connectivity index (χ0n) is 5.38. The number of nitrogens with zero attached hydrogens (tertiary/aromatic N) is 2. The van der Waals surface area contributed by atoms with Crippen LogP contribution in [0.4, 0.5) is 0 Å². The van der Waals surface area contributed by atoms with Gasteiger partial charge in [-0.15, -0.1) is 0 Å². The highest BCUT2D eigenvalue weighted by atomic mass is 15.2. The quantitative estimate of drug-likeness (QED) is 0.543. The number of rotatable bonds is 2. The van der Waals surface area contributed by atoms with E-state index in [0.29, 0.717) is 12.5 Å². The molecular weight excluding hydrogens is 114 g/mol. The van der Waals surface area contributed by atoms with Crippen LogP contribution in [0.2, 0.25) is 0 Å². The molecule has 0 bridgehead atoms. The summed E-state index contributed by atoms with van der Waals surface area (Å²) < 4.78 is 0. The summed E-state index contributed by atoms with van der Waals surface area (Å²) in [6.07, 6.45) is 0.632. The van der Waals surface area contributed by atoms with Crippen molar-refractivity contribution in [3.8, 4) is 6.07 Å². The van der Waals surface area contributed by atoms with E-state index in [1.807, 2.05) is 0 Å². The Balaban J connectivity index is 1.99. The van der Waals surface area contributed by atoms with Gasteiger partial charge in [0.1, 0.15) is 0 Å². The lowest BCUT2D eigenvalue weighted by Gasteiger charge is -2.36. The summed E-state index contributed by atoms with van der Waals surface area (Å²) in [5.74, 6) is 0. The molecule has 0 aromatic rings. The standard InChI is InChI=1S/C6H11N3/c7-2-1-3-9-4-6(8)5-9/h6H,1,3-5,8H2. The molecule has 9 heavy (non-hydrogen) atoms. The fraction of sp³-hybridized carbons (Fsp3) is 0.833. The second-order valence-corrected chi connectivity index (χ2v) is 2.43. The molecule has 0 spiro atoms. The third-order valence-corrected chi connectivity index (χ3v) is 1.53. The molecule has 0 radical (unpaired) electrons. The van der Waals surface area contributed by atoms with Gasteiger partial charge in [-0.25, -0.2) is 0 Å². The molecule has 3 heteroatoms. The van der Waals surface area contributed by atoms with Crippen LogP contribution in [0.1, 0.15) is 6.42 Å². The second kappa shape index (κ2) is 2.81. The summed E-state index contributed by atoms with van der Waals surface area (Å²) in [5, 5.41) is 8.19. The van der Waals surface area contributed by atoms with Gasteiger partial charge in [0.2, 0.25) is 0 Å². The number of likely N-dealkylation sites (tertiary alicyclic amines) is 1. The average Bonchev–Trinajstić information content (AvgIpc) is 1.78. The minimum Gasteiger partial charge on any atom is -0.325 e. The largest absolute Gasteiger partial charge is 0.325 e. The van der Waals surface area contributed by atoms with Crippen LogP contribution in [-0.4, -0.2) is 30.6 Å². The van der Waals surface area contributed by atoms with Crippen molar-refractivity contribution in [2.24, 2.45) is 5.73 Å². The first-order chi connectivity index (χ1) is 4.33. The lowest BCUT2D eigenvalue weighted by atomic mass is 10.1. The van der Waals surface area contributed by atoms with Gasteiger partial charge in [-0.2, -0.15) is 5.26 Å². The Labute approximate surface area is 55.1 Å². The lowest BCUT2D eigenvalue weighted by molar-refractivity contribution is 0.155. The highest BCUT2D eigenvalue weighted by molar-refractivity contribution is 4.84. The van der Waals surface area contributed by atoms with E-state index in [2.05, 4.69) is 11.0 Å². The molecule has 3 nitrogen and oxygen atoms in total. The first-order valence-electron chi connectivity index (χ1n) is 3.18. The summed E-state index contributed by atoms with van der Waals surface area (Å²) in [6, 6.07) is 2.46. The Kier molecular flexibility index (Phi) is 2.04. The van der Waals surface area contributed by atoms with Gasteiger partial charge in [0.05, 0.1) is 6.07 Å². The maximum absolute atomic E-state index is 8.19. The summed E-state index contributed by atoms with van der Waals surface area (Å²) in [6.45, 7) is 2.84. The third kappa shape index (κ3) is 1.67. The van der Waals surface area contributed by atoms with Crippen molar-refractivity contribution in [3.63, 3.8) is 0 Å². The van der Waals surface area contributed by atoms with E-state index < -0.39 is 0 Å². The summed E-state index contributed by atoms with van der Waals surface area (Å²) in [4.78, 5) is 2.19. The molecule has 0 atom stereocenters. The van der Waals surface area contributed by atoms with Gasteiger partial charge in [-0.1, -0.05) is 0 Å². The molecule has 0 aliphatic carbocycles. The Hall–Kier alpha value is -0.590. The van der Waals surface area contributed by atoms with Crippen LogP contribution in [0, 0.1) is 11.3 Å². The number of nitriles is 1. The third-order valence-electron chi connectivity index (χ3n) is 1.53. The molecule has 1 saturated heterocycles. The van der Waals surface area contributed by atoms with E-state index in [1.54, 1.807) is 0 Å². The van der Waals surface area contributed by atoms with Crippen LogP contribution < -0.4 is 5.73 Å². The Morgan fingerprint density at radius 3 is 2.78 bits per heavy atom. The average molecular weight is 125 g/mol. The van der Waals surface area contributed by atoms with E-state index in [-0.39, 0.29) is 0 Å². The zero-order chi connectivity index (χ0) is 6.69. The van der Waals surface area contributed by atoms with Crippen molar-refractivity contribution in [3.05, 3.63) is 0 Å². The molecule has 1 aliphatic heterocycles. The van der Waals surface area contributed by atoms with E-state index in [0.717, 1.165) is 19.6 Å². The first-order valence-corrected chi connectivity index (χ1v) is 3.18. The van der Waals surface area contributed by atoms with E-state index >= 15 is 0 Å². The number of hydrogen-bond acceptors (Lipinski definition) is 3. The summed E-state index contributed by atoms with van der Waals surface area (Å²) in [7, 11) is 0. The fourth-order valence-corrected chi connectivity index (χ4v) is 1.00. The molecule has 1 heterocycles. The molecule has 2 N–H and O–H groups in total. The van der Waals surface area contributed by atoms with Crippen LogP contribution in [0.25, 0.3) is 0 Å². The minimum atomic E-state index is 0.365. The molecule has 0 unspecified atom stereocenters. The molecule has 0 aromatic carbocycles. The maximum atomic E-state index is 8.19. The monoisotopic (exact) mass is 125 g/mol. The van der Waals surface area contributed by atoms with Crippen molar-refractivity contribution in [1.82, 2.24) is 4.90 Å². The molecule has 1 aliphatic rings. The number of nitrogens with two attached hydrogens (primary N) is 1. The van der Waals surface area contributed by atoms with E-state index in [9.17, 15) is 0 Å². The molecular formula is C6H11N3. The zero-order valence-corrected chi connectivity index (χ0v) is 5.38. The second-order valence-electron chi connectivity index (χ2n) is 2.43. The lowest BCUT2D eigenvalue weighted by Crippen LogP contribution is -2.55. The topological polar surface area (TPSA) is 53.0 Å². The van der Waals surface area contributed by atoms with Crippen molar-refractivity contribution in [2.45, 2.75) is 12.5 Å². The van der Waals surface area contributed by atoms with Crippen LogP contribution in [0.15, 0.2) is 0 Å². The van der Waals surface area contributed by atoms with Gasteiger partial charge in [-0.3, -0.25) is 4.90 Å². The van der Waals surface area contributed by atoms with Gasteiger partial charge in [0.25, 0.3) is 0 Å². The highest BCUT2D eigenvalue weighted by Crippen LogP contribution is 2.04. The van der Waals surface area contributed by atoms with E-state index in [4.69, 9.17) is 11.0 Å². The van der Waals surface area contributed by atoms with Gasteiger partial charge >= 0.3 is 0 Å². The molecule has 0 saturated carbocycles. The Morgan fingerprint density at radius 2 is 2.33 bits per heavy atom. The molecule has 50 valence electrons.